The first-order chi connectivity index (χ1) is 7.09. The van der Waals surface area contributed by atoms with Crippen molar-refractivity contribution < 1.29 is 5.11 Å². The minimum Gasteiger partial charge on any atom is -0.396 e. The monoisotopic (exact) mass is 226 g/mol. The Labute approximate surface area is 97.1 Å². The Hall–Kier alpha value is -0.530. The van der Waals surface area contributed by atoms with Crippen molar-refractivity contribution in [2.45, 2.75) is 33.1 Å². The van der Waals surface area contributed by atoms with Crippen molar-refractivity contribution >= 4 is 11.6 Å². The van der Waals surface area contributed by atoms with Gasteiger partial charge in [0.15, 0.2) is 0 Å². The summed E-state index contributed by atoms with van der Waals surface area (Å²) < 4.78 is 0. The lowest BCUT2D eigenvalue weighted by Crippen LogP contribution is -2.24. The van der Waals surface area contributed by atoms with Gasteiger partial charge < -0.3 is 5.11 Å². The fourth-order valence-corrected chi connectivity index (χ4v) is 2.05. The summed E-state index contributed by atoms with van der Waals surface area (Å²) in [5, 5.41) is 10.2. The van der Waals surface area contributed by atoms with Gasteiger partial charge in [0, 0.05) is 11.6 Å². The summed E-state index contributed by atoms with van der Waals surface area (Å²) in [7, 11) is 0. The molecule has 0 heterocycles. The van der Waals surface area contributed by atoms with Crippen LogP contribution in [0.2, 0.25) is 5.02 Å². The maximum atomic E-state index is 9.41. The number of hydrogen-bond donors (Lipinski definition) is 1. The summed E-state index contributed by atoms with van der Waals surface area (Å²) in [6, 6.07) is 7.87. The maximum Gasteiger partial charge on any atom is 0.0487 e. The molecule has 2 heteroatoms. The lowest BCUT2D eigenvalue weighted by Gasteiger charge is -2.26. The van der Waals surface area contributed by atoms with Crippen LogP contribution in [0.4, 0.5) is 0 Å². The molecular weight excluding hydrogens is 208 g/mol. The number of halogens is 1. The zero-order chi connectivity index (χ0) is 11.3. The van der Waals surface area contributed by atoms with E-state index in [9.17, 15) is 5.11 Å². The lowest BCUT2D eigenvalue weighted by molar-refractivity contribution is 0.131. The third-order valence-corrected chi connectivity index (χ3v) is 3.03. The highest BCUT2D eigenvalue weighted by molar-refractivity contribution is 6.30. The van der Waals surface area contributed by atoms with Crippen molar-refractivity contribution in [2.75, 3.05) is 6.61 Å². The molecule has 0 aromatic heterocycles. The van der Waals surface area contributed by atoms with Gasteiger partial charge >= 0.3 is 0 Å². The topological polar surface area (TPSA) is 20.2 Å². The highest BCUT2D eigenvalue weighted by atomic mass is 35.5. The molecule has 0 spiro atoms. The smallest absolute Gasteiger partial charge is 0.0487 e. The van der Waals surface area contributed by atoms with Crippen LogP contribution in [0.1, 0.15) is 32.3 Å². The summed E-state index contributed by atoms with van der Waals surface area (Å²) in [5.41, 5.74) is 1.24. The molecule has 1 atom stereocenters. The molecule has 0 aliphatic heterocycles. The van der Waals surface area contributed by atoms with Gasteiger partial charge in [0.05, 0.1) is 0 Å². The Kier molecular flexibility index (Phi) is 4.62. The number of aliphatic hydroxyl groups is 1. The van der Waals surface area contributed by atoms with E-state index in [1.165, 1.54) is 5.56 Å². The van der Waals surface area contributed by atoms with E-state index in [2.05, 4.69) is 13.8 Å². The first-order valence-corrected chi connectivity index (χ1v) is 5.83. The predicted molar refractivity (Wildman–Crippen MR) is 65.3 cm³/mol. The Bertz CT molecular complexity index is 294. The molecule has 1 unspecified atom stereocenters. The molecule has 0 saturated heterocycles. The van der Waals surface area contributed by atoms with Crippen molar-refractivity contribution in [3.05, 3.63) is 34.9 Å². The summed E-state index contributed by atoms with van der Waals surface area (Å²) in [6.07, 6.45) is 3.06. The normalized spacial score (nSPS) is 14.9. The Morgan fingerprint density at radius 3 is 2.33 bits per heavy atom. The fourth-order valence-electron chi connectivity index (χ4n) is 1.92. The van der Waals surface area contributed by atoms with Gasteiger partial charge in [0.25, 0.3) is 0 Å². The third kappa shape index (κ3) is 3.84. The SMILES string of the molecule is CCCC(C)(CO)Cc1ccc(Cl)cc1. The minimum absolute atomic E-state index is 0.00256. The molecule has 15 heavy (non-hydrogen) atoms. The van der Waals surface area contributed by atoms with E-state index in [1.807, 2.05) is 24.3 Å². The van der Waals surface area contributed by atoms with E-state index in [0.717, 1.165) is 24.3 Å². The lowest BCUT2D eigenvalue weighted by atomic mass is 9.80. The molecule has 1 nitrogen and oxygen atoms in total. The van der Waals surface area contributed by atoms with Gasteiger partial charge in [0.2, 0.25) is 0 Å². The van der Waals surface area contributed by atoms with E-state index in [4.69, 9.17) is 11.6 Å². The van der Waals surface area contributed by atoms with E-state index in [0.29, 0.717) is 0 Å². The average Bonchev–Trinajstić information content (AvgIpc) is 2.22. The van der Waals surface area contributed by atoms with Crippen molar-refractivity contribution in [2.24, 2.45) is 5.41 Å². The van der Waals surface area contributed by atoms with Gasteiger partial charge in [-0.2, -0.15) is 0 Å². The zero-order valence-electron chi connectivity index (χ0n) is 9.46. The molecule has 0 aliphatic carbocycles. The van der Waals surface area contributed by atoms with Gasteiger partial charge in [-0.3, -0.25) is 0 Å². The summed E-state index contributed by atoms with van der Waals surface area (Å²) in [6.45, 7) is 4.52. The first kappa shape index (κ1) is 12.5. The maximum absolute atomic E-state index is 9.41. The van der Waals surface area contributed by atoms with E-state index < -0.39 is 0 Å². The first-order valence-electron chi connectivity index (χ1n) is 5.45. The van der Waals surface area contributed by atoms with E-state index >= 15 is 0 Å². The standard InChI is InChI=1S/C13H19ClO/c1-3-8-13(2,10-15)9-11-4-6-12(14)7-5-11/h4-7,15H,3,8-10H2,1-2H3. The highest BCUT2D eigenvalue weighted by Crippen LogP contribution is 2.27. The van der Waals surface area contributed by atoms with Crippen LogP contribution in [-0.2, 0) is 6.42 Å². The molecule has 0 bridgehead atoms. The summed E-state index contributed by atoms with van der Waals surface area (Å²) in [5.74, 6) is 0. The van der Waals surface area contributed by atoms with E-state index in [-0.39, 0.29) is 12.0 Å². The third-order valence-electron chi connectivity index (χ3n) is 2.78. The zero-order valence-corrected chi connectivity index (χ0v) is 10.2. The van der Waals surface area contributed by atoms with Crippen LogP contribution in [0.5, 0.6) is 0 Å². The molecular formula is C13H19ClO. The highest BCUT2D eigenvalue weighted by Gasteiger charge is 2.22. The Balaban J connectivity index is 2.70. The van der Waals surface area contributed by atoms with Crippen molar-refractivity contribution in [1.82, 2.24) is 0 Å². The largest absolute Gasteiger partial charge is 0.396 e. The van der Waals surface area contributed by atoms with Crippen LogP contribution < -0.4 is 0 Å². The molecule has 1 N–H and O–H groups in total. The van der Waals surface area contributed by atoms with Gasteiger partial charge in [-0.15, -0.1) is 0 Å². The molecule has 0 radical (unpaired) electrons. The van der Waals surface area contributed by atoms with Crippen LogP contribution in [0.3, 0.4) is 0 Å². The van der Waals surface area contributed by atoms with Gasteiger partial charge in [0.1, 0.15) is 0 Å². The average molecular weight is 227 g/mol. The molecule has 1 rings (SSSR count). The van der Waals surface area contributed by atoms with Crippen LogP contribution in [0.15, 0.2) is 24.3 Å². The molecule has 0 saturated carbocycles. The van der Waals surface area contributed by atoms with Gasteiger partial charge in [-0.05, 0) is 36.0 Å². The van der Waals surface area contributed by atoms with Crippen molar-refractivity contribution in [3.63, 3.8) is 0 Å². The molecule has 0 amide bonds. The summed E-state index contributed by atoms with van der Waals surface area (Å²) in [4.78, 5) is 0. The molecule has 84 valence electrons. The van der Waals surface area contributed by atoms with Gasteiger partial charge in [-0.1, -0.05) is 44.0 Å². The van der Waals surface area contributed by atoms with Crippen LogP contribution in [-0.4, -0.2) is 11.7 Å². The number of benzene rings is 1. The number of hydrogen-bond acceptors (Lipinski definition) is 1. The molecule has 0 fully saturated rings. The molecule has 1 aromatic carbocycles. The second-order valence-electron chi connectivity index (χ2n) is 4.52. The van der Waals surface area contributed by atoms with E-state index in [1.54, 1.807) is 0 Å². The number of aliphatic hydroxyl groups excluding tert-OH is 1. The fraction of sp³-hybridized carbons (Fsp3) is 0.538. The predicted octanol–water partition coefficient (Wildman–Crippen LogP) is 3.68. The van der Waals surface area contributed by atoms with Crippen LogP contribution >= 0.6 is 11.6 Å². The molecule has 0 aliphatic rings. The number of rotatable bonds is 5. The Morgan fingerprint density at radius 2 is 1.87 bits per heavy atom. The van der Waals surface area contributed by atoms with Crippen molar-refractivity contribution in [1.29, 1.82) is 0 Å². The van der Waals surface area contributed by atoms with Crippen LogP contribution in [0, 0.1) is 5.41 Å². The second-order valence-corrected chi connectivity index (χ2v) is 4.96. The second kappa shape index (κ2) is 5.53. The van der Waals surface area contributed by atoms with Crippen molar-refractivity contribution in [3.8, 4) is 0 Å². The quantitative estimate of drug-likeness (QED) is 0.812. The van der Waals surface area contributed by atoms with Crippen LogP contribution in [0.25, 0.3) is 0 Å². The Morgan fingerprint density at radius 1 is 1.27 bits per heavy atom. The minimum atomic E-state index is 0.00256. The van der Waals surface area contributed by atoms with Gasteiger partial charge in [-0.25, -0.2) is 0 Å². The summed E-state index contributed by atoms with van der Waals surface area (Å²) >= 11 is 5.83. The molecule has 1 aromatic rings.